The van der Waals surface area contributed by atoms with Crippen LogP contribution in [0.1, 0.15) is 22.9 Å². The summed E-state index contributed by atoms with van der Waals surface area (Å²) in [5.41, 5.74) is 4.91. The lowest BCUT2D eigenvalue weighted by Crippen LogP contribution is -2.30. The maximum Gasteiger partial charge on any atom is 0.116 e. The topological polar surface area (TPSA) is 48.0 Å². The molecule has 3 aromatic rings. The number of halogens is 1. The van der Waals surface area contributed by atoms with Crippen molar-refractivity contribution < 1.29 is 5.11 Å². The molecule has 1 unspecified atom stereocenters. The molecule has 21 heavy (non-hydrogen) atoms. The van der Waals surface area contributed by atoms with Gasteiger partial charge in [0, 0.05) is 23.1 Å². The summed E-state index contributed by atoms with van der Waals surface area (Å²) in [4.78, 5) is 3.52. The van der Waals surface area contributed by atoms with E-state index in [2.05, 4.69) is 34.6 Å². The molecular weight excluding hydrogens is 284 g/mol. The minimum absolute atomic E-state index is 0. The van der Waals surface area contributed by atoms with Crippen LogP contribution in [0.4, 0.5) is 0 Å². The molecule has 3 N–H and O–H groups in total. The summed E-state index contributed by atoms with van der Waals surface area (Å²) >= 11 is 0. The third kappa shape index (κ3) is 2.28. The van der Waals surface area contributed by atoms with Gasteiger partial charge in [-0.3, -0.25) is 0 Å². The van der Waals surface area contributed by atoms with Gasteiger partial charge < -0.3 is 15.4 Å². The molecule has 1 aromatic heterocycles. The third-order valence-electron chi connectivity index (χ3n) is 4.07. The predicted molar refractivity (Wildman–Crippen MR) is 87.2 cm³/mol. The number of H-pyrrole nitrogens is 1. The average Bonchev–Trinajstić information content (AvgIpc) is 2.86. The van der Waals surface area contributed by atoms with Gasteiger partial charge in [0.05, 0.1) is 6.04 Å². The Hall–Kier alpha value is -1.97. The fourth-order valence-corrected chi connectivity index (χ4v) is 3.15. The monoisotopic (exact) mass is 300 g/mol. The molecule has 0 spiro atoms. The standard InChI is InChI=1S/C17H16N2O.ClH/c20-12-6-7-15-14(10-12)13-8-9-18-16(17(13)19-15)11-4-2-1-3-5-11;/h1-7,10,16,18-20H,8-9H2;1H. The number of phenolic OH excluding ortho intramolecular Hbond substituents is 1. The van der Waals surface area contributed by atoms with E-state index in [1.54, 1.807) is 6.07 Å². The number of aromatic hydroxyl groups is 1. The highest BCUT2D eigenvalue weighted by molar-refractivity contribution is 5.86. The molecule has 0 saturated heterocycles. The molecule has 1 aliphatic heterocycles. The molecule has 2 aromatic carbocycles. The molecule has 2 heterocycles. The number of aromatic nitrogens is 1. The SMILES string of the molecule is Cl.Oc1ccc2[nH]c3c(c2c1)CCNC3c1ccccc1. The van der Waals surface area contributed by atoms with Gasteiger partial charge in [-0.2, -0.15) is 0 Å². The summed E-state index contributed by atoms with van der Waals surface area (Å²) in [6.45, 7) is 0.954. The summed E-state index contributed by atoms with van der Waals surface area (Å²) < 4.78 is 0. The van der Waals surface area contributed by atoms with Gasteiger partial charge >= 0.3 is 0 Å². The minimum atomic E-state index is 0. The maximum atomic E-state index is 9.70. The van der Waals surface area contributed by atoms with Gasteiger partial charge in [0.25, 0.3) is 0 Å². The molecule has 108 valence electrons. The Labute approximate surface area is 129 Å². The van der Waals surface area contributed by atoms with Gasteiger partial charge in [0.15, 0.2) is 0 Å². The second-order valence-corrected chi connectivity index (χ2v) is 5.29. The van der Waals surface area contributed by atoms with E-state index >= 15 is 0 Å². The van der Waals surface area contributed by atoms with Crippen LogP contribution in [0.15, 0.2) is 48.5 Å². The van der Waals surface area contributed by atoms with Gasteiger partial charge in [-0.15, -0.1) is 12.4 Å². The first-order valence-electron chi connectivity index (χ1n) is 6.95. The van der Waals surface area contributed by atoms with Crippen LogP contribution in [0.3, 0.4) is 0 Å². The Bertz CT molecular complexity index is 767. The van der Waals surface area contributed by atoms with E-state index in [1.807, 2.05) is 18.2 Å². The molecule has 1 aliphatic rings. The average molecular weight is 301 g/mol. The van der Waals surface area contributed by atoms with Crippen LogP contribution in [-0.4, -0.2) is 16.6 Å². The molecule has 0 bridgehead atoms. The number of benzene rings is 2. The number of rotatable bonds is 1. The van der Waals surface area contributed by atoms with Crippen LogP contribution in [0.25, 0.3) is 10.9 Å². The van der Waals surface area contributed by atoms with Crippen molar-refractivity contribution in [2.75, 3.05) is 6.54 Å². The minimum Gasteiger partial charge on any atom is -0.508 e. The number of hydrogen-bond donors (Lipinski definition) is 3. The molecule has 0 aliphatic carbocycles. The molecule has 0 saturated carbocycles. The Morgan fingerprint density at radius 3 is 2.67 bits per heavy atom. The second-order valence-electron chi connectivity index (χ2n) is 5.29. The van der Waals surface area contributed by atoms with E-state index in [4.69, 9.17) is 0 Å². The van der Waals surface area contributed by atoms with Gasteiger partial charge in [-0.25, -0.2) is 0 Å². The van der Waals surface area contributed by atoms with Gasteiger partial charge in [-0.1, -0.05) is 30.3 Å². The lowest BCUT2D eigenvalue weighted by Gasteiger charge is -2.24. The van der Waals surface area contributed by atoms with E-state index in [1.165, 1.54) is 16.8 Å². The second kappa shape index (κ2) is 5.43. The Balaban J connectivity index is 0.00000132. The van der Waals surface area contributed by atoms with Crippen LogP contribution < -0.4 is 5.32 Å². The van der Waals surface area contributed by atoms with Crippen molar-refractivity contribution in [2.45, 2.75) is 12.5 Å². The predicted octanol–water partition coefficient (Wildman–Crippen LogP) is 3.53. The van der Waals surface area contributed by atoms with Crippen molar-refractivity contribution in [3.8, 4) is 5.75 Å². The molecule has 4 rings (SSSR count). The highest BCUT2D eigenvalue weighted by Gasteiger charge is 2.24. The summed E-state index contributed by atoms with van der Waals surface area (Å²) in [7, 11) is 0. The fourth-order valence-electron chi connectivity index (χ4n) is 3.15. The normalized spacial score (nSPS) is 17.2. The Morgan fingerprint density at radius 2 is 1.86 bits per heavy atom. The zero-order chi connectivity index (χ0) is 13.5. The molecule has 0 fully saturated rings. The number of phenols is 1. The van der Waals surface area contributed by atoms with E-state index in [9.17, 15) is 5.11 Å². The van der Waals surface area contributed by atoms with Crippen molar-refractivity contribution in [3.63, 3.8) is 0 Å². The lowest BCUT2D eigenvalue weighted by atomic mass is 9.94. The number of hydrogen-bond acceptors (Lipinski definition) is 2. The number of fused-ring (bicyclic) bond motifs is 3. The van der Waals surface area contributed by atoms with E-state index in [0.29, 0.717) is 5.75 Å². The smallest absolute Gasteiger partial charge is 0.116 e. The van der Waals surface area contributed by atoms with Crippen LogP contribution in [0.2, 0.25) is 0 Å². The Kier molecular flexibility index (Phi) is 3.62. The van der Waals surface area contributed by atoms with Crippen LogP contribution in [-0.2, 0) is 6.42 Å². The highest BCUT2D eigenvalue weighted by atomic mass is 35.5. The van der Waals surface area contributed by atoms with Crippen molar-refractivity contribution >= 4 is 23.3 Å². The largest absolute Gasteiger partial charge is 0.508 e. The molecule has 0 radical (unpaired) electrons. The molecule has 3 nitrogen and oxygen atoms in total. The highest BCUT2D eigenvalue weighted by Crippen LogP contribution is 2.34. The van der Waals surface area contributed by atoms with Crippen molar-refractivity contribution in [2.24, 2.45) is 0 Å². The van der Waals surface area contributed by atoms with E-state index < -0.39 is 0 Å². The third-order valence-corrected chi connectivity index (χ3v) is 4.07. The summed E-state index contributed by atoms with van der Waals surface area (Å²) in [6, 6.07) is 16.2. The van der Waals surface area contributed by atoms with Gasteiger partial charge in [0.1, 0.15) is 5.75 Å². The summed E-state index contributed by atoms with van der Waals surface area (Å²) in [5.74, 6) is 0.328. The lowest BCUT2D eigenvalue weighted by molar-refractivity contribution is 0.476. The first-order valence-corrected chi connectivity index (χ1v) is 6.95. The van der Waals surface area contributed by atoms with Gasteiger partial charge in [-0.05, 0) is 35.7 Å². The molecule has 0 amide bonds. The quantitative estimate of drug-likeness (QED) is 0.644. The summed E-state index contributed by atoms with van der Waals surface area (Å²) in [6.07, 6.45) is 0.988. The Morgan fingerprint density at radius 1 is 1.05 bits per heavy atom. The van der Waals surface area contributed by atoms with Crippen LogP contribution in [0, 0.1) is 0 Å². The molecule has 4 heteroatoms. The first-order chi connectivity index (χ1) is 9.83. The maximum absolute atomic E-state index is 9.70. The zero-order valence-corrected chi connectivity index (χ0v) is 12.3. The molecule has 1 atom stereocenters. The van der Waals surface area contributed by atoms with Crippen molar-refractivity contribution in [1.82, 2.24) is 10.3 Å². The van der Waals surface area contributed by atoms with E-state index in [-0.39, 0.29) is 18.4 Å². The summed E-state index contributed by atoms with van der Waals surface area (Å²) in [5, 5.41) is 14.4. The zero-order valence-electron chi connectivity index (χ0n) is 11.5. The number of nitrogens with one attached hydrogen (secondary N) is 2. The van der Waals surface area contributed by atoms with Crippen LogP contribution in [0.5, 0.6) is 5.75 Å². The first kappa shape index (κ1) is 14.0. The van der Waals surface area contributed by atoms with Gasteiger partial charge in [0.2, 0.25) is 0 Å². The van der Waals surface area contributed by atoms with E-state index in [0.717, 1.165) is 23.9 Å². The van der Waals surface area contributed by atoms with Crippen molar-refractivity contribution in [1.29, 1.82) is 0 Å². The van der Waals surface area contributed by atoms with Crippen molar-refractivity contribution in [3.05, 3.63) is 65.4 Å². The molecular formula is C17H17ClN2O. The fraction of sp³-hybridized carbons (Fsp3) is 0.176. The number of aromatic amines is 1. The van der Waals surface area contributed by atoms with Crippen LogP contribution >= 0.6 is 12.4 Å².